The standard InChI is InChI=1S/C59H54O10/c1-37(2)55(60)66-35-45(68-57(62)39(5)6)33-64-53-29-27-43(31-49(53)41-19-11-9-12-20-41)59(51-25-17-15-23-47(51)48-24-16-18-26-52(48)59)44-28-30-54(50(32-44)42-21-13-10-14-22-42)65-34-46(69-58(63)40(7)8)36-67-56(61)38(3)4/h9-32,45-46H,1,3,5,7,33-36H2,2,4,6,8H3. The number of carbonyl (C=O) groups is 4. The number of carbonyl (C=O) groups excluding carboxylic acids is 4. The van der Waals surface area contributed by atoms with Crippen molar-refractivity contribution in [2.24, 2.45) is 0 Å². The fourth-order valence-electron chi connectivity index (χ4n) is 8.17. The first-order valence-corrected chi connectivity index (χ1v) is 22.4. The lowest BCUT2D eigenvalue weighted by molar-refractivity contribution is -0.155. The van der Waals surface area contributed by atoms with Crippen molar-refractivity contribution in [3.05, 3.63) is 216 Å². The van der Waals surface area contributed by atoms with Crippen LogP contribution in [0, 0.1) is 0 Å². The molecule has 0 aromatic heterocycles. The third-order valence-electron chi connectivity index (χ3n) is 11.5. The van der Waals surface area contributed by atoms with Crippen LogP contribution in [-0.4, -0.2) is 62.5 Å². The predicted molar refractivity (Wildman–Crippen MR) is 267 cm³/mol. The Morgan fingerprint density at radius 2 is 0.768 bits per heavy atom. The van der Waals surface area contributed by atoms with Gasteiger partial charge >= 0.3 is 23.9 Å². The maximum Gasteiger partial charge on any atom is 0.333 e. The van der Waals surface area contributed by atoms with Crippen molar-refractivity contribution in [2.45, 2.75) is 45.3 Å². The number of ether oxygens (including phenoxy) is 6. The SMILES string of the molecule is C=C(C)C(=O)OCC(COc1ccc(C2(c3ccc(OCC(COC(=O)C(=C)C)OC(=O)C(=C)C)c(-c4ccccc4)c3)c3ccccc3-c3ccccc32)cc1-c1ccccc1)OC(=O)C(=C)C. The first kappa shape index (κ1) is 48.7. The molecular weight excluding hydrogens is 869 g/mol. The lowest BCUT2D eigenvalue weighted by Gasteiger charge is -2.35. The molecule has 2 atom stereocenters. The second kappa shape index (κ2) is 21.6. The number of benzene rings is 6. The van der Waals surface area contributed by atoms with Gasteiger partial charge in [0.05, 0.1) is 5.41 Å². The van der Waals surface area contributed by atoms with Gasteiger partial charge in [-0.05, 0) is 96.5 Å². The van der Waals surface area contributed by atoms with Gasteiger partial charge in [0.2, 0.25) is 0 Å². The van der Waals surface area contributed by atoms with E-state index in [0.29, 0.717) is 11.5 Å². The second-order valence-corrected chi connectivity index (χ2v) is 17.0. The smallest absolute Gasteiger partial charge is 0.333 e. The van der Waals surface area contributed by atoms with Crippen LogP contribution in [0.4, 0.5) is 0 Å². The van der Waals surface area contributed by atoms with Crippen molar-refractivity contribution < 1.29 is 47.6 Å². The molecule has 1 aliphatic carbocycles. The monoisotopic (exact) mass is 922 g/mol. The molecule has 0 aliphatic heterocycles. The van der Waals surface area contributed by atoms with Gasteiger partial charge in [0.25, 0.3) is 0 Å². The van der Waals surface area contributed by atoms with E-state index in [1.54, 1.807) is 0 Å². The van der Waals surface area contributed by atoms with E-state index in [1.165, 1.54) is 27.7 Å². The minimum Gasteiger partial charge on any atom is -0.489 e. The molecule has 0 fully saturated rings. The Morgan fingerprint density at radius 1 is 0.420 bits per heavy atom. The molecule has 69 heavy (non-hydrogen) atoms. The lowest BCUT2D eigenvalue weighted by Crippen LogP contribution is -2.31. The highest BCUT2D eigenvalue weighted by Crippen LogP contribution is 2.57. The van der Waals surface area contributed by atoms with Crippen LogP contribution in [-0.2, 0) is 43.5 Å². The Balaban J connectivity index is 1.37. The van der Waals surface area contributed by atoms with E-state index in [0.717, 1.165) is 55.6 Å². The summed E-state index contributed by atoms with van der Waals surface area (Å²) in [6.45, 7) is 20.1. The van der Waals surface area contributed by atoms with Gasteiger partial charge < -0.3 is 28.4 Å². The molecule has 1 aliphatic rings. The third kappa shape index (κ3) is 10.8. The van der Waals surface area contributed by atoms with Crippen molar-refractivity contribution in [3.63, 3.8) is 0 Å². The summed E-state index contributed by atoms with van der Waals surface area (Å²) in [5.41, 5.74) is 9.32. The van der Waals surface area contributed by atoms with E-state index in [2.05, 4.69) is 74.8 Å². The van der Waals surface area contributed by atoms with Crippen molar-refractivity contribution in [3.8, 4) is 44.9 Å². The Kier molecular flexibility index (Phi) is 15.2. The first-order valence-electron chi connectivity index (χ1n) is 22.4. The minimum atomic E-state index is -0.960. The van der Waals surface area contributed by atoms with Gasteiger partial charge in [-0.1, -0.05) is 148 Å². The molecule has 0 spiro atoms. The van der Waals surface area contributed by atoms with Crippen LogP contribution in [0.1, 0.15) is 49.9 Å². The molecule has 0 N–H and O–H groups in total. The van der Waals surface area contributed by atoms with Gasteiger partial charge in [0, 0.05) is 33.4 Å². The molecule has 0 saturated heterocycles. The maximum atomic E-state index is 12.7. The molecule has 10 nitrogen and oxygen atoms in total. The average Bonchev–Trinajstić information content (AvgIpc) is 3.66. The molecular formula is C59H54O10. The lowest BCUT2D eigenvalue weighted by atomic mass is 9.67. The van der Waals surface area contributed by atoms with E-state index < -0.39 is 41.5 Å². The number of fused-ring (bicyclic) bond motifs is 3. The average molecular weight is 923 g/mol. The van der Waals surface area contributed by atoms with Crippen molar-refractivity contribution in [2.75, 3.05) is 26.4 Å². The number of rotatable bonds is 20. The quantitative estimate of drug-likeness (QED) is 0.0415. The van der Waals surface area contributed by atoms with Crippen molar-refractivity contribution in [1.29, 1.82) is 0 Å². The summed E-state index contributed by atoms with van der Waals surface area (Å²) in [5, 5.41) is 0. The summed E-state index contributed by atoms with van der Waals surface area (Å²) in [7, 11) is 0. The molecule has 0 amide bonds. The molecule has 6 aromatic carbocycles. The molecule has 0 heterocycles. The number of hydrogen-bond acceptors (Lipinski definition) is 10. The molecule has 10 heteroatoms. The highest BCUT2D eigenvalue weighted by Gasteiger charge is 2.46. The predicted octanol–water partition coefficient (Wildman–Crippen LogP) is 11.4. The molecule has 350 valence electrons. The fourth-order valence-corrected chi connectivity index (χ4v) is 8.17. The van der Waals surface area contributed by atoms with Crippen molar-refractivity contribution in [1.82, 2.24) is 0 Å². The maximum absolute atomic E-state index is 12.7. The van der Waals surface area contributed by atoms with Crippen LogP contribution in [0.25, 0.3) is 33.4 Å². The summed E-state index contributed by atoms with van der Waals surface area (Å²) >= 11 is 0. The molecule has 0 saturated carbocycles. The zero-order chi connectivity index (χ0) is 49.2. The van der Waals surface area contributed by atoms with Gasteiger partial charge in [-0.3, -0.25) is 0 Å². The number of hydrogen-bond donors (Lipinski definition) is 0. The fraction of sp³-hybridized carbons (Fsp3) is 0.186. The van der Waals surface area contributed by atoms with Crippen LogP contribution in [0.15, 0.2) is 194 Å². The van der Waals surface area contributed by atoms with Gasteiger partial charge in [-0.15, -0.1) is 0 Å². The molecule has 6 aromatic rings. The highest BCUT2D eigenvalue weighted by atomic mass is 16.6. The van der Waals surface area contributed by atoms with Crippen molar-refractivity contribution >= 4 is 23.9 Å². The zero-order valence-corrected chi connectivity index (χ0v) is 39.3. The van der Waals surface area contributed by atoms with E-state index in [9.17, 15) is 19.2 Å². The first-order chi connectivity index (χ1) is 33.2. The van der Waals surface area contributed by atoms with Gasteiger partial charge in [-0.2, -0.15) is 0 Å². The Morgan fingerprint density at radius 3 is 1.13 bits per heavy atom. The zero-order valence-electron chi connectivity index (χ0n) is 39.3. The Bertz CT molecular complexity index is 2750. The number of esters is 4. The second-order valence-electron chi connectivity index (χ2n) is 17.0. The van der Waals surface area contributed by atoms with Crippen LogP contribution in [0.2, 0.25) is 0 Å². The van der Waals surface area contributed by atoms with E-state index in [-0.39, 0.29) is 48.7 Å². The van der Waals surface area contributed by atoms with Crippen LogP contribution in [0.5, 0.6) is 11.5 Å². The Labute approximate surface area is 403 Å². The van der Waals surface area contributed by atoms with Crippen LogP contribution >= 0.6 is 0 Å². The van der Waals surface area contributed by atoms with E-state index in [1.807, 2.05) is 97.1 Å². The summed E-state index contributed by atoms with van der Waals surface area (Å²) in [5.74, 6) is -1.51. The summed E-state index contributed by atoms with van der Waals surface area (Å²) in [6, 6.07) is 48.7. The van der Waals surface area contributed by atoms with Crippen LogP contribution in [0.3, 0.4) is 0 Å². The van der Waals surface area contributed by atoms with E-state index in [4.69, 9.17) is 28.4 Å². The molecule has 0 bridgehead atoms. The molecule has 7 rings (SSSR count). The molecule has 0 radical (unpaired) electrons. The highest BCUT2D eigenvalue weighted by molar-refractivity contribution is 5.90. The van der Waals surface area contributed by atoms with Crippen LogP contribution < -0.4 is 9.47 Å². The largest absolute Gasteiger partial charge is 0.489 e. The van der Waals surface area contributed by atoms with Gasteiger partial charge in [0.15, 0.2) is 12.2 Å². The van der Waals surface area contributed by atoms with Gasteiger partial charge in [0.1, 0.15) is 37.9 Å². The third-order valence-corrected chi connectivity index (χ3v) is 11.5. The van der Waals surface area contributed by atoms with E-state index >= 15 is 0 Å². The van der Waals surface area contributed by atoms with Gasteiger partial charge in [-0.25, -0.2) is 19.2 Å². The normalized spacial score (nSPS) is 12.8. The summed E-state index contributed by atoms with van der Waals surface area (Å²) in [6.07, 6.45) is -1.92. The Hall–Kier alpha value is -8.24. The summed E-state index contributed by atoms with van der Waals surface area (Å²) in [4.78, 5) is 50.3. The molecule has 2 unspecified atom stereocenters. The summed E-state index contributed by atoms with van der Waals surface area (Å²) < 4.78 is 35.3. The topological polar surface area (TPSA) is 124 Å². The minimum absolute atomic E-state index is 0.135.